The second-order valence-electron chi connectivity index (χ2n) is 6.08. The SMILES string of the molecule is CCNC(=NCc1ccc(OCC(F)(F)F)c(OC)c1)NCCc1ccccn1.I. The molecule has 1 aromatic heterocycles. The fourth-order valence-electron chi connectivity index (χ4n) is 2.46. The number of aromatic nitrogens is 1. The van der Waals surface area contributed by atoms with Gasteiger partial charge in [0.05, 0.1) is 13.7 Å². The fourth-order valence-corrected chi connectivity index (χ4v) is 2.46. The number of ether oxygens (including phenoxy) is 2. The summed E-state index contributed by atoms with van der Waals surface area (Å²) >= 11 is 0. The maximum absolute atomic E-state index is 12.3. The van der Waals surface area contributed by atoms with Gasteiger partial charge in [-0.1, -0.05) is 12.1 Å². The second-order valence-corrected chi connectivity index (χ2v) is 6.08. The number of aliphatic imine (C=N–C) groups is 1. The molecule has 0 aliphatic heterocycles. The Morgan fingerprint density at radius 2 is 1.93 bits per heavy atom. The lowest BCUT2D eigenvalue weighted by Crippen LogP contribution is -2.38. The Kier molecular flexibility index (Phi) is 11.3. The number of nitrogens with zero attached hydrogens (tertiary/aromatic N) is 2. The van der Waals surface area contributed by atoms with Crippen LogP contribution >= 0.6 is 24.0 Å². The highest BCUT2D eigenvalue weighted by molar-refractivity contribution is 14.0. The van der Waals surface area contributed by atoms with E-state index in [1.54, 1.807) is 18.3 Å². The fraction of sp³-hybridized carbons (Fsp3) is 0.400. The van der Waals surface area contributed by atoms with Gasteiger partial charge in [-0.3, -0.25) is 4.98 Å². The zero-order chi connectivity index (χ0) is 21.1. The summed E-state index contributed by atoms with van der Waals surface area (Å²) in [6.07, 6.45) is -1.90. The Hall–Kier alpha value is -2.24. The van der Waals surface area contributed by atoms with Crippen molar-refractivity contribution in [2.24, 2.45) is 4.99 Å². The highest BCUT2D eigenvalue weighted by atomic mass is 127. The molecular formula is C20H26F3IN4O2. The summed E-state index contributed by atoms with van der Waals surface area (Å²) in [5, 5.41) is 6.39. The first-order valence-electron chi connectivity index (χ1n) is 9.20. The second kappa shape index (κ2) is 13.1. The maximum Gasteiger partial charge on any atom is 0.422 e. The number of halogens is 4. The van der Waals surface area contributed by atoms with Crippen LogP contribution in [0.1, 0.15) is 18.2 Å². The summed E-state index contributed by atoms with van der Waals surface area (Å²) in [6, 6.07) is 10.5. The average Bonchev–Trinajstić information content (AvgIpc) is 2.71. The molecule has 0 saturated heterocycles. The van der Waals surface area contributed by atoms with Crippen LogP contribution in [0.3, 0.4) is 0 Å². The van der Waals surface area contributed by atoms with Gasteiger partial charge in [0.1, 0.15) is 0 Å². The Bertz CT molecular complexity index is 789. The van der Waals surface area contributed by atoms with E-state index in [-0.39, 0.29) is 35.5 Å². The van der Waals surface area contributed by atoms with Gasteiger partial charge in [0, 0.05) is 31.4 Å². The molecule has 0 amide bonds. The van der Waals surface area contributed by atoms with E-state index >= 15 is 0 Å². The van der Waals surface area contributed by atoms with Crippen LogP contribution in [0.4, 0.5) is 13.2 Å². The molecule has 0 aliphatic carbocycles. The van der Waals surface area contributed by atoms with Crippen LogP contribution in [0, 0.1) is 0 Å². The van der Waals surface area contributed by atoms with Crippen LogP contribution in [-0.2, 0) is 13.0 Å². The van der Waals surface area contributed by atoms with Crippen molar-refractivity contribution in [3.05, 3.63) is 53.9 Å². The summed E-state index contributed by atoms with van der Waals surface area (Å²) in [4.78, 5) is 8.78. The van der Waals surface area contributed by atoms with Gasteiger partial charge in [-0.15, -0.1) is 24.0 Å². The lowest BCUT2D eigenvalue weighted by molar-refractivity contribution is -0.153. The molecule has 6 nitrogen and oxygen atoms in total. The van der Waals surface area contributed by atoms with E-state index in [2.05, 4.69) is 20.6 Å². The van der Waals surface area contributed by atoms with Crippen LogP contribution in [0.25, 0.3) is 0 Å². The van der Waals surface area contributed by atoms with Crippen LogP contribution in [-0.4, -0.2) is 43.9 Å². The Balaban J connectivity index is 0.00000450. The van der Waals surface area contributed by atoms with Gasteiger partial charge in [0.2, 0.25) is 0 Å². The van der Waals surface area contributed by atoms with Crippen molar-refractivity contribution in [3.63, 3.8) is 0 Å². The normalized spacial score (nSPS) is 11.4. The van der Waals surface area contributed by atoms with Crippen LogP contribution in [0.5, 0.6) is 11.5 Å². The zero-order valence-corrected chi connectivity index (χ0v) is 19.2. The lowest BCUT2D eigenvalue weighted by atomic mass is 10.2. The number of guanidine groups is 1. The van der Waals surface area contributed by atoms with E-state index in [4.69, 9.17) is 9.47 Å². The highest BCUT2D eigenvalue weighted by Crippen LogP contribution is 2.30. The first-order chi connectivity index (χ1) is 13.9. The highest BCUT2D eigenvalue weighted by Gasteiger charge is 2.29. The smallest absolute Gasteiger partial charge is 0.422 e. The molecule has 0 aliphatic rings. The molecule has 2 N–H and O–H groups in total. The lowest BCUT2D eigenvalue weighted by Gasteiger charge is -2.14. The summed E-state index contributed by atoms with van der Waals surface area (Å²) in [7, 11) is 1.38. The van der Waals surface area contributed by atoms with Crippen molar-refractivity contribution in [3.8, 4) is 11.5 Å². The molecule has 166 valence electrons. The summed E-state index contributed by atoms with van der Waals surface area (Å²) in [5.74, 6) is 0.910. The van der Waals surface area contributed by atoms with Crippen LogP contribution < -0.4 is 20.1 Å². The molecule has 0 spiro atoms. The van der Waals surface area contributed by atoms with Gasteiger partial charge >= 0.3 is 6.18 Å². The molecule has 0 fully saturated rings. The van der Waals surface area contributed by atoms with E-state index in [1.807, 2.05) is 25.1 Å². The number of hydrogen-bond acceptors (Lipinski definition) is 4. The van der Waals surface area contributed by atoms with E-state index in [1.165, 1.54) is 13.2 Å². The molecule has 0 radical (unpaired) electrons. The van der Waals surface area contributed by atoms with Crippen molar-refractivity contribution in [2.75, 3.05) is 26.8 Å². The predicted molar refractivity (Wildman–Crippen MR) is 121 cm³/mol. The molecule has 0 unspecified atom stereocenters. The Labute approximate surface area is 191 Å². The van der Waals surface area contributed by atoms with Crippen molar-refractivity contribution in [1.82, 2.24) is 15.6 Å². The predicted octanol–water partition coefficient (Wildman–Crippen LogP) is 3.95. The topological polar surface area (TPSA) is 67.8 Å². The minimum Gasteiger partial charge on any atom is -0.493 e. The standard InChI is InChI=1S/C20H25F3N4O2.HI/c1-3-24-19(26-11-9-16-6-4-5-10-25-16)27-13-15-7-8-17(18(12-15)28-2)29-14-20(21,22)23;/h4-8,10,12H,3,9,11,13-14H2,1-2H3,(H2,24,26,27);1H. The van der Waals surface area contributed by atoms with Crippen LogP contribution in [0.2, 0.25) is 0 Å². The van der Waals surface area contributed by atoms with E-state index in [0.717, 1.165) is 17.7 Å². The van der Waals surface area contributed by atoms with Gasteiger partial charge < -0.3 is 20.1 Å². The molecule has 0 atom stereocenters. The van der Waals surface area contributed by atoms with Gasteiger partial charge in [-0.25, -0.2) is 4.99 Å². The van der Waals surface area contributed by atoms with E-state index in [9.17, 15) is 13.2 Å². The van der Waals surface area contributed by atoms with Gasteiger partial charge in [0.15, 0.2) is 24.1 Å². The number of benzene rings is 1. The molecule has 0 saturated carbocycles. The molecule has 10 heteroatoms. The molecule has 30 heavy (non-hydrogen) atoms. The zero-order valence-electron chi connectivity index (χ0n) is 16.8. The third-order valence-corrected chi connectivity index (χ3v) is 3.78. The first kappa shape index (κ1) is 25.8. The van der Waals surface area contributed by atoms with Crippen molar-refractivity contribution in [1.29, 1.82) is 0 Å². The van der Waals surface area contributed by atoms with E-state index < -0.39 is 12.8 Å². The number of rotatable bonds is 9. The minimum atomic E-state index is -4.41. The van der Waals surface area contributed by atoms with Crippen molar-refractivity contribution < 1.29 is 22.6 Å². The number of alkyl halides is 3. The first-order valence-corrected chi connectivity index (χ1v) is 9.20. The average molecular weight is 538 g/mol. The van der Waals surface area contributed by atoms with E-state index in [0.29, 0.717) is 25.6 Å². The van der Waals surface area contributed by atoms with Gasteiger partial charge in [-0.2, -0.15) is 13.2 Å². The summed E-state index contributed by atoms with van der Waals surface area (Å²) < 4.78 is 47.0. The largest absolute Gasteiger partial charge is 0.493 e. The summed E-state index contributed by atoms with van der Waals surface area (Å²) in [5.41, 5.74) is 1.76. The van der Waals surface area contributed by atoms with Crippen molar-refractivity contribution >= 4 is 29.9 Å². The number of pyridine rings is 1. The minimum absolute atomic E-state index is 0. The van der Waals surface area contributed by atoms with Crippen molar-refractivity contribution in [2.45, 2.75) is 26.1 Å². The Morgan fingerprint density at radius 3 is 2.57 bits per heavy atom. The third-order valence-electron chi connectivity index (χ3n) is 3.78. The Morgan fingerprint density at radius 1 is 1.13 bits per heavy atom. The molecule has 2 aromatic rings. The van der Waals surface area contributed by atoms with Crippen LogP contribution in [0.15, 0.2) is 47.6 Å². The number of nitrogens with one attached hydrogen (secondary N) is 2. The molecule has 1 heterocycles. The van der Waals surface area contributed by atoms with Gasteiger partial charge in [0.25, 0.3) is 0 Å². The number of hydrogen-bond donors (Lipinski definition) is 2. The summed E-state index contributed by atoms with van der Waals surface area (Å²) in [6.45, 7) is 2.28. The molecule has 0 bridgehead atoms. The molecule has 1 aromatic carbocycles. The quantitative estimate of drug-likeness (QED) is 0.288. The number of methoxy groups -OCH3 is 1. The third kappa shape index (κ3) is 9.51. The van der Waals surface area contributed by atoms with Gasteiger partial charge in [-0.05, 0) is 36.8 Å². The maximum atomic E-state index is 12.3. The molecule has 2 rings (SSSR count). The monoisotopic (exact) mass is 538 g/mol. The molecular weight excluding hydrogens is 512 g/mol.